The second-order valence-corrected chi connectivity index (χ2v) is 17.2. The number of imidazole rings is 2. The van der Waals surface area contributed by atoms with E-state index in [4.69, 9.17) is 49.0 Å². The number of hydrogen-bond donors (Lipinski definition) is 10. The number of aliphatic hydroxyl groups excluding tert-OH is 2. The van der Waals surface area contributed by atoms with Crippen LogP contribution in [0.2, 0.25) is 0 Å². The van der Waals surface area contributed by atoms with Gasteiger partial charge in [-0.15, -0.1) is 0 Å². The summed E-state index contributed by atoms with van der Waals surface area (Å²) in [4.78, 5) is 82.2. The highest BCUT2D eigenvalue weighted by molar-refractivity contribution is 7.66. The van der Waals surface area contributed by atoms with Gasteiger partial charge < -0.3 is 60.4 Å². The summed E-state index contributed by atoms with van der Waals surface area (Å²) in [6.07, 6.45) is -9.64. The van der Waals surface area contributed by atoms with Crippen LogP contribution in [0.15, 0.2) is 23.8 Å². The first-order valence-corrected chi connectivity index (χ1v) is 20.9. The molecule has 4 aromatic rings. The Kier molecular flexibility index (Phi) is 11.5. The van der Waals surface area contributed by atoms with Crippen LogP contribution < -0.4 is 17.0 Å². The van der Waals surface area contributed by atoms with Gasteiger partial charge in [-0.3, -0.25) is 32.5 Å². The molecule has 0 aliphatic carbocycles. The lowest BCUT2D eigenvalue weighted by Gasteiger charge is -2.26. The summed E-state index contributed by atoms with van der Waals surface area (Å²) in [5.74, 6) is -0.350. The topological polar surface area (TPSA) is 443 Å². The summed E-state index contributed by atoms with van der Waals surface area (Å²) >= 11 is 0. The van der Waals surface area contributed by atoms with E-state index in [1.54, 1.807) is 0 Å². The predicted molar refractivity (Wildman–Crippen MR) is 173 cm³/mol. The Balaban J connectivity index is 1.21. The maximum Gasteiger partial charge on any atom is 0.490 e. The Morgan fingerprint density at radius 2 is 1.40 bits per heavy atom. The highest BCUT2D eigenvalue weighted by Crippen LogP contribution is 2.66. The number of hydrogen-bond acceptors (Lipinski definition) is 22. The molecule has 55 heavy (non-hydrogen) atoms. The lowest BCUT2D eigenvalue weighted by atomic mass is 10.1. The summed E-state index contributed by atoms with van der Waals surface area (Å²) < 4.78 is 90.6. The van der Waals surface area contributed by atoms with Crippen LogP contribution in [0.25, 0.3) is 22.3 Å². The van der Waals surface area contributed by atoms with E-state index in [-0.39, 0.29) is 34.1 Å². The van der Waals surface area contributed by atoms with Crippen LogP contribution in [0.1, 0.15) is 12.5 Å². The molecule has 2 aliphatic rings. The van der Waals surface area contributed by atoms with Crippen LogP contribution >= 0.6 is 31.3 Å². The Bertz CT molecular complexity index is 2320. The number of phosphoric ester groups is 2. The molecule has 30 nitrogen and oxygen atoms in total. The monoisotopic (exact) mass is 866 g/mol. The van der Waals surface area contributed by atoms with Gasteiger partial charge in [-0.25, -0.2) is 38.2 Å². The molecule has 4 unspecified atom stereocenters. The zero-order valence-electron chi connectivity index (χ0n) is 27.3. The van der Waals surface area contributed by atoms with E-state index in [9.17, 15) is 47.9 Å². The Morgan fingerprint density at radius 3 is 2.07 bits per heavy atom. The van der Waals surface area contributed by atoms with Gasteiger partial charge >= 0.3 is 31.3 Å². The molecule has 12 N–H and O–H groups in total. The lowest BCUT2D eigenvalue weighted by Crippen LogP contribution is -2.38. The molecular formula is C21H30N10O20P4. The molecule has 2 fully saturated rings. The van der Waals surface area contributed by atoms with Crippen LogP contribution in [0.5, 0.6) is 0 Å². The minimum Gasteiger partial charge on any atom is -0.387 e. The maximum absolute atomic E-state index is 13.4. The van der Waals surface area contributed by atoms with E-state index in [1.807, 2.05) is 0 Å². The molecule has 0 amide bonds. The molecule has 0 saturated carbocycles. The maximum atomic E-state index is 13.4. The van der Waals surface area contributed by atoms with Crippen molar-refractivity contribution in [3.05, 3.63) is 29.3 Å². The summed E-state index contributed by atoms with van der Waals surface area (Å²) in [6.45, 7) is -2.12. The fraction of sp³-hybridized carbons (Fsp3) is 0.524. The number of nitrogens with zero attached hydrogens (tertiary/aromatic N) is 7. The molecule has 2 saturated heterocycles. The van der Waals surface area contributed by atoms with Crippen LogP contribution in [0.3, 0.4) is 0 Å². The molecule has 0 bridgehead atoms. The number of aromatic nitrogens is 8. The molecule has 11 atom stereocenters. The standard InChI is InChI=1S/C21H30N10O20P4/c1-44-14-13(49-53(38,39)45-2-7-11(32)12(33)19(47-7)31-6-27-10-17(31)28-21(23)29-18(10)34)8(3-46-54(40,41)51-55(42,43)50-52(35,36)37)48-20(14)30-5-26-9-15(22)24-4-25-16(9)30/h4-8,11-14,19-20,32-33H,2-3H2,1H3,(H,38,39)(H,40,41)(H,42,43)(H2,22,24,25)(H2,35,36,37)(H3,23,28,29,34)/t7-,8?,11-,12-,13-,14-,19-,20-/m1/s1. The van der Waals surface area contributed by atoms with Crippen molar-refractivity contribution in [3.8, 4) is 0 Å². The van der Waals surface area contributed by atoms with Crippen molar-refractivity contribution in [2.45, 2.75) is 49.1 Å². The summed E-state index contributed by atoms with van der Waals surface area (Å²) in [6, 6.07) is 0. The van der Waals surface area contributed by atoms with E-state index in [0.717, 1.165) is 30.7 Å². The lowest BCUT2D eigenvalue weighted by molar-refractivity contribution is -0.0581. The molecule has 2 aliphatic heterocycles. The van der Waals surface area contributed by atoms with Crippen LogP contribution in [-0.4, -0.2) is 131 Å². The Hall–Kier alpha value is -3.18. The second kappa shape index (κ2) is 15.3. The quantitative estimate of drug-likeness (QED) is 0.0552. The number of aliphatic hydroxyl groups is 2. The summed E-state index contributed by atoms with van der Waals surface area (Å²) in [7, 11) is -21.7. The van der Waals surface area contributed by atoms with Crippen LogP contribution in [0.4, 0.5) is 11.8 Å². The highest BCUT2D eigenvalue weighted by Gasteiger charge is 2.53. The number of nitrogen functional groups attached to an aromatic ring is 2. The number of ether oxygens (including phenoxy) is 3. The van der Waals surface area contributed by atoms with E-state index in [2.05, 4.69) is 38.5 Å². The molecule has 6 heterocycles. The third kappa shape index (κ3) is 9.03. The van der Waals surface area contributed by atoms with E-state index in [1.165, 1.54) is 4.57 Å². The van der Waals surface area contributed by atoms with Gasteiger partial charge in [0, 0.05) is 7.11 Å². The fourth-order valence-corrected chi connectivity index (χ4v) is 9.54. The summed E-state index contributed by atoms with van der Waals surface area (Å²) in [5.41, 5.74) is 10.6. The molecule has 0 spiro atoms. The first-order valence-electron chi connectivity index (χ1n) is 14.9. The van der Waals surface area contributed by atoms with E-state index in [0.29, 0.717) is 0 Å². The van der Waals surface area contributed by atoms with Gasteiger partial charge in [0.15, 0.2) is 35.1 Å². The minimum atomic E-state index is -5.93. The van der Waals surface area contributed by atoms with Gasteiger partial charge in [0.05, 0.1) is 25.9 Å². The number of fused-ring (bicyclic) bond motifs is 2. The molecule has 0 aromatic carbocycles. The molecule has 0 radical (unpaired) electrons. The SMILES string of the molecule is CO[C@@H]1[C@H](OP(=O)(O)OC[C@H]2O[C@@H](n3cnc4c(=O)[nH]c(N)nc43)[C@H](O)[C@@H]2O)C(COP(=O)(O)OP(=O)(O)OP(=O)(O)O)O[C@H]1n1cnc2c(N)ncnc21. The van der Waals surface area contributed by atoms with Crippen molar-refractivity contribution in [1.29, 1.82) is 0 Å². The number of phosphoric acid groups is 4. The fourth-order valence-electron chi connectivity index (χ4n) is 5.55. The second-order valence-electron chi connectivity index (χ2n) is 11.4. The third-order valence-corrected chi connectivity index (χ3v) is 12.5. The van der Waals surface area contributed by atoms with Gasteiger partial charge in [-0.05, 0) is 0 Å². The number of methoxy groups -OCH3 is 1. The number of nitrogens with one attached hydrogen (secondary N) is 1. The van der Waals surface area contributed by atoms with Crippen molar-refractivity contribution >= 4 is 65.4 Å². The molecular weight excluding hydrogens is 836 g/mol. The first-order chi connectivity index (χ1) is 25.6. The number of anilines is 2. The summed E-state index contributed by atoms with van der Waals surface area (Å²) in [5, 5.41) is 21.4. The first kappa shape index (κ1) is 41.5. The van der Waals surface area contributed by atoms with Gasteiger partial charge in [0.2, 0.25) is 5.95 Å². The van der Waals surface area contributed by atoms with Crippen molar-refractivity contribution in [1.82, 2.24) is 39.0 Å². The number of aromatic amines is 1. The Morgan fingerprint density at radius 1 is 0.782 bits per heavy atom. The number of H-pyrrole nitrogens is 1. The average Bonchev–Trinajstić information content (AvgIpc) is 3.82. The number of rotatable bonds is 15. The van der Waals surface area contributed by atoms with Crippen molar-refractivity contribution < 1.29 is 89.3 Å². The molecule has 304 valence electrons. The van der Waals surface area contributed by atoms with Crippen molar-refractivity contribution in [3.63, 3.8) is 0 Å². The Labute approximate surface area is 304 Å². The predicted octanol–water partition coefficient (Wildman–Crippen LogP) is -2.50. The van der Waals surface area contributed by atoms with Gasteiger partial charge in [-0.2, -0.15) is 13.6 Å². The zero-order chi connectivity index (χ0) is 40.2. The largest absolute Gasteiger partial charge is 0.490 e. The smallest absolute Gasteiger partial charge is 0.387 e. The molecule has 6 rings (SSSR count). The minimum absolute atomic E-state index is 0.0453. The van der Waals surface area contributed by atoms with Crippen LogP contribution in [0, 0.1) is 0 Å². The average molecular weight is 866 g/mol. The van der Waals surface area contributed by atoms with Gasteiger partial charge in [0.25, 0.3) is 5.56 Å². The third-order valence-electron chi connectivity index (χ3n) is 7.76. The van der Waals surface area contributed by atoms with Gasteiger partial charge in [0.1, 0.15) is 48.5 Å². The zero-order valence-corrected chi connectivity index (χ0v) is 30.9. The molecule has 34 heteroatoms. The normalized spacial score (nSPS) is 29.4. The van der Waals surface area contributed by atoms with E-state index >= 15 is 0 Å². The highest BCUT2D eigenvalue weighted by atomic mass is 31.3. The van der Waals surface area contributed by atoms with Crippen molar-refractivity contribution in [2.75, 3.05) is 31.8 Å². The van der Waals surface area contributed by atoms with Gasteiger partial charge in [-0.1, -0.05) is 0 Å². The van der Waals surface area contributed by atoms with E-state index < -0.39 is 99.1 Å². The molecule has 4 aromatic heterocycles. The van der Waals surface area contributed by atoms with Crippen molar-refractivity contribution in [2.24, 2.45) is 0 Å². The number of nitrogens with two attached hydrogens (primary N) is 2. The van der Waals surface area contributed by atoms with Crippen LogP contribution in [-0.2, 0) is 54.7 Å².